The maximum absolute atomic E-state index is 13.0. The van der Waals surface area contributed by atoms with E-state index in [2.05, 4.69) is 11.6 Å². The monoisotopic (exact) mass is 228 g/mol. The molecule has 1 aromatic rings. The molecule has 0 bridgehead atoms. The standard InChI is InChI=1S/C11H17FN2S/c1-15-8-3-2-7-14-10-6-4-5-9(12)11(10)13/h4-6,14H,2-3,7-8,13H2,1H3. The second-order valence-corrected chi connectivity index (χ2v) is 4.31. The fourth-order valence-corrected chi connectivity index (χ4v) is 1.78. The average Bonchev–Trinajstić information content (AvgIpc) is 2.24. The van der Waals surface area contributed by atoms with Crippen LogP contribution in [0.1, 0.15) is 12.8 Å². The average molecular weight is 228 g/mol. The fraction of sp³-hybridized carbons (Fsp3) is 0.455. The Bertz CT molecular complexity index is 305. The van der Waals surface area contributed by atoms with E-state index in [1.54, 1.807) is 12.1 Å². The minimum absolute atomic E-state index is 0.211. The van der Waals surface area contributed by atoms with Crippen LogP contribution in [-0.2, 0) is 0 Å². The summed E-state index contributed by atoms with van der Waals surface area (Å²) in [6, 6.07) is 4.83. The first-order chi connectivity index (χ1) is 7.25. The van der Waals surface area contributed by atoms with E-state index in [1.165, 1.54) is 18.2 Å². The van der Waals surface area contributed by atoms with Crippen molar-refractivity contribution in [2.45, 2.75) is 12.8 Å². The second kappa shape index (κ2) is 6.56. The molecule has 0 saturated heterocycles. The van der Waals surface area contributed by atoms with Crippen LogP contribution < -0.4 is 11.1 Å². The van der Waals surface area contributed by atoms with Crippen LogP contribution in [0, 0.1) is 5.82 Å². The summed E-state index contributed by atoms with van der Waals surface area (Å²) in [4.78, 5) is 0. The Morgan fingerprint density at radius 2 is 2.20 bits per heavy atom. The molecule has 0 fully saturated rings. The van der Waals surface area contributed by atoms with Crippen LogP contribution in [-0.4, -0.2) is 18.6 Å². The van der Waals surface area contributed by atoms with Gasteiger partial charge < -0.3 is 11.1 Å². The lowest BCUT2D eigenvalue weighted by molar-refractivity contribution is 0.633. The molecular formula is C11H17FN2S. The molecule has 4 heteroatoms. The van der Waals surface area contributed by atoms with Crippen molar-refractivity contribution >= 4 is 23.1 Å². The third-order valence-electron chi connectivity index (χ3n) is 2.14. The van der Waals surface area contributed by atoms with Gasteiger partial charge in [0.15, 0.2) is 0 Å². The summed E-state index contributed by atoms with van der Waals surface area (Å²) in [5.41, 5.74) is 6.49. The zero-order chi connectivity index (χ0) is 11.1. The Kier molecular flexibility index (Phi) is 5.32. The van der Waals surface area contributed by atoms with E-state index in [9.17, 15) is 4.39 Å². The van der Waals surface area contributed by atoms with Crippen molar-refractivity contribution in [2.24, 2.45) is 0 Å². The molecule has 1 rings (SSSR count). The highest BCUT2D eigenvalue weighted by molar-refractivity contribution is 7.98. The Morgan fingerprint density at radius 1 is 1.40 bits per heavy atom. The molecular weight excluding hydrogens is 211 g/mol. The minimum Gasteiger partial charge on any atom is -0.395 e. The largest absolute Gasteiger partial charge is 0.395 e. The number of thioether (sulfide) groups is 1. The number of hydrogen-bond acceptors (Lipinski definition) is 3. The number of benzene rings is 1. The molecule has 0 unspecified atom stereocenters. The lowest BCUT2D eigenvalue weighted by Crippen LogP contribution is -2.05. The van der Waals surface area contributed by atoms with Gasteiger partial charge in [-0.1, -0.05) is 6.07 Å². The topological polar surface area (TPSA) is 38.0 Å². The maximum Gasteiger partial charge on any atom is 0.148 e. The van der Waals surface area contributed by atoms with Crippen LogP contribution in [0.4, 0.5) is 15.8 Å². The molecule has 84 valence electrons. The summed E-state index contributed by atoms with van der Waals surface area (Å²) in [6.07, 6.45) is 4.35. The van der Waals surface area contributed by atoms with Crippen molar-refractivity contribution in [2.75, 3.05) is 29.6 Å². The summed E-state index contributed by atoms with van der Waals surface area (Å²) in [6.45, 7) is 0.841. The minimum atomic E-state index is -0.357. The molecule has 0 atom stereocenters. The van der Waals surface area contributed by atoms with Gasteiger partial charge in [-0.15, -0.1) is 0 Å². The molecule has 0 aliphatic rings. The molecule has 0 radical (unpaired) electrons. The summed E-state index contributed by atoms with van der Waals surface area (Å²) in [5.74, 6) is 0.810. The van der Waals surface area contributed by atoms with Gasteiger partial charge in [-0.3, -0.25) is 0 Å². The smallest absolute Gasteiger partial charge is 0.148 e. The number of rotatable bonds is 6. The zero-order valence-corrected chi connectivity index (χ0v) is 9.74. The van der Waals surface area contributed by atoms with E-state index in [4.69, 9.17) is 5.73 Å². The SMILES string of the molecule is CSCCCCNc1cccc(F)c1N. The van der Waals surface area contributed by atoms with Gasteiger partial charge in [0.1, 0.15) is 5.82 Å². The van der Waals surface area contributed by atoms with Gasteiger partial charge in [0.2, 0.25) is 0 Å². The van der Waals surface area contributed by atoms with Gasteiger partial charge in [0.05, 0.1) is 11.4 Å². The summed E-state index contributed by atoms with van der Waals surface area (Å²) in [5, 5.41) is 3.14. The Morgan fingerprint density at radius 3 is 2.93 bits per heavy atom. The first-order valence-corrected chi connectivity index (χ1v) is 6.42. The Hall–Kier alpha value is -0.900. The molecule has 3 N–H and O–H groups in total. The number of nitrogens with one attached hydrogen (secondary N) is 1. The van der Waals surface area contributed by atoms with Crippen molar-refractivity contribution in [3.63, 3.8) is 0 Å². The Labute approximate surface area is 94.4 Å². The van der Waals surface area contributed by atoms with Crippen LogP contribution in [0.25, 0.3) is 0 Å². The lowest BCUT2D eigenvalue weighted by Gasteiger charge is -2.09. The first-order valence-electron chi connectivity index (χ1n) is 5.02. The van der Waals surface area contributed by atoms with Crippen LogP contribution >= 0.6 is 11.8 Å². The van der Waals surface area contributed by atoms with E-state index < -0.39 is 0 Å². The molecule has 0 heterocycles. The van der Waals surface area contributed by atoms with Crippen LogP contribution in [0.3, 0.4) is 0 Å². The lowest BCUT2D eigenvalue weighted by atomic mass is 10.2. The molecule has 0 spiro atoms. The van der Waals surface area contributed by atoms with Gasteiger partial charge in [0.25, 0.3) is 0 Å². The molecule has 0 aromatic heterocycles. The van der Waals surface area contributed by atoms with Gasteiger partial charge in [-0.2, -0.15) is 11.8 Å². The third-order valence-corrected chi connectivity index (χ3v) is 2.84. The Balaban J connectivity index is 2.34. The molecule has 0 aliphatic carbocycles. The van der Waals surface area contributed by atoms with Gasteiger partial charge >= 0.3 is 0 Å². The number of anilines is 2. The van der Waals surface area contributed by atoms with Crippen LogP contribution in [0.5, 0.6) is 0 Å². The molecule has 0 aliphatic heterocycles. The number of halogens is 1. The van der Waals surface area contributed by atoms with Gasteiger partial charge in [0, 0.05) is 6.54 Å². The number of nitrogens with two attached hydrogens (primary N) is 1. The summed E-state index contributed by atoms with van der Waals surface area (Å²) < 4.78 is 13.0. The second-order valence-electron chi connectivity index (χ2n) is 3.33. The van der Waals surface area contributed by atoms with E-state index in [0.29, 0.717) is 5.69 Å². The van der Waals surface area contributed by atoms with Crippen molar-refractivity contribution in [1.82, 2.24) is 0 Å². The van der Waals surface area contributed by atoms with Crippen LogP contribution in [0.2, 0.25) is 0 Å². The molecule has 15 heavy (non-hydrogen) atoms. The van der Waals surface area contributed by atoms with Gasteiger partial charge in [-0.05, 0) is 37.0 Å². The summed E-state index contributed by atoms with van der Waals surface area (Å²) >= 11 is 1.84. The van der Waals surface area contributed by atoms with Crippen molar-refractivity contribution in [1.29, 1.82) is 0 Å². The number of unbranched alkanes of at least 4 members (excludes halogenated alkanes) is 1. The number of nitrogen functional groups attached to an aromatic ring is 1. The number of hydrogen-bond donors (Lipinski definition) is 2. The van der Waals surface area contributed by atoms with E-state index in [1.807, 2.05) is 11.8 Å². The van der Waals surface area contributed by atoms with Crippen molar-refractivity contribution in [3.05, 3.63) is 24.0 Å². The quantitative estimate of drug-likeness (QED) is 0.580. The maximum atomic E-state index is 13.0. The zero-order valence-electron chi connectivity index (χ0n) is 8.92. The highest BCUT2D eigenvalue weighted by Crippen LogP contribution is 2.20. The van der Waals surface area contributed by atoms with Crippen molar-refractivity contribution in [3.8, 4) is 0 Å². The predicted molar refractivity (Wildman–Crippen MR) is 66.9 cm³/mol. The van der Waals surface area contributed by atoms with Crippen LogP contribution in [0.15, 0.2) is 18.2 Å². The van der Waals surface area contributed by atoms with E-state index >= 15 is 0 Å². The first kappa shape index (κ1) is 12.2. The molecule has 0 saturated carbocycles. The molecule has 2 nitrogen and oxygen atoms in total. The highest BCUT2D eigenvalue weighted by Gasteiger charge is 2.02. The van der Waals surface area contributed by atoms with E-state index in [0.717, 1.165) is 13.0 Å². The molecule has 0 amide bonds. The molecule has 1 aromatic carbocycles. The normalized spacial score (nSPS) is 10.3. The van der Waals surface area contributed by atoms with Gasteiger partial charge in [-0.25, -0.2) is 4.39 Å². The fourth-order valence-electron chi connectivity index (χ4n) is 1.29. The van der Waals surface area contributed by atoms with E-state index in [-0.39, 0.29) is 11.5 Å². The summed E-state index contributed by atoms with van der Waals surface area (Å²) in [7, 11) is 0. The highest BCUT2D eigenvalue weighted by atomic mass is 32.2. The third kappa shape index (κ3) is 4.00. The predicted octanol–water partition coefficient (Wildman–Crippen LogP) is 2.96. The number of para-hydroxylation sites is 1. The van der Waals surface area contributed by atoms with Crippen molar-refractivity contribution < 1.29 is 4.39 Å².